The summed E-state index contributed by atoms with van der Waals surface area (Å²) in [6.45, 7) is 2.17. The van der Waals surface area contributed by atoms with Crippen LogP contribution in [0.15, 0.2) is 42.6 Å². The number of carbonyl (C=O) groups is 3. The molecular formula is C24H28N6O3. The molecule has 1 aromatic heterocycles. The van der Waals surface area contributed by atoms with Gasteiger partial charge in [-0.25, -0.2) is 0 Å². The van der Waals surface area contributed by atoms with Gasteiger partial charge in [-0.1, -0.05) is 30.3 Å². The number of nitrogens with one attached hydrogen (secondary N) is 3. The normalized spacial score (nSPS) is 21.4. The van der Waals surface area contributed by atoms with E-state index in [0.29, 0.717) is 35.8 Å². The summed E-state index contributed by atoms with van der Waals surface area (Å²) in [5.74, 6) is -0.867. The summed E-state index contributed by atoms with van der Waals surface area (Å²) in [7, 11) is 0. The number of aryl methyl sites for hydroxylation is 1. The Morgan fingerprint density at radius 3 is 2.73 bits per heavy atom. The molecule has 0 unspecified atom stereocenters. The first-order chi connectivity index (χ1) is 15.8. The molecular weight excluding hydrogens is 420 g/mol. The van der Waals surface area contributed by atoms with E-state index in [1.54, 1.807) is 17.9 Å². The lowest BCUT2D eigenvalue weighted by Gasteiger charge is -2.24. The molecule has 1 aliphatic carbocycles. The van der Waals surface area contributed by atoms with Gasteiger partial charge < -0.3 is 21.3 Å². The van der Waals surface area contributed by atoms with Gasteiger partial charge in [0.25, 0.3) is 5.91 Å². The van der Waals surface area contributed by atoms with E-state index in [4.69, 9.17) is 11.1 Å². The maximum atomic E-state index is 12.9. The molecule has 1 aliphatic heterocycles. The molecule has 3 amide bonds. The zero-order valence-corrected chi connectivity index (χ0v) is 18.5. The summed E-state index contributed by atoms with van der Waals surface area (Å²) in [6, 6.07) is 11.3. The second-order valence-corrected chi connectivity index (χ2v) is 8.58. The predicted molar refractivity (Wildman–Crippen MR) is 124 cm³/mol. The van der Waals surface area contributed by atoms with E-state index in [9.17, 15) is 14.4 Å². The van der Waals surface area contributed by atoms with Gasteiger partial charge in [-0.2, -0.15) is 0 Å². The number of primary amides is 1. The fourth-order valence-electron chi connectivity index (χ4n) is 4.35. The van der Waals surface area contributed by atoms with Gasteiger partial charge in [0.1, 0.15) is 11.8 Å². The number of amides is 3. The zero-order chi connectivity index (χ0) is 23.5. The van der Waals surface area contributed by atoms with Crippen LogP contribution in [0.25, 0.3) is 0 Å². The van der Waals surface area contributed by atoms with E-state index in [1.807, 2.05) is 18.2 Å². The molecule has 33 heavy (non-hydrogen) atoms. The average Bonchev–Trinajstić information content (AvgIpc) is 3.39. The molecule has 4 rings (SSSR count). The number of benzene rings is 1. The van der Waals surface area contributed by atoms with Gasteiger partial charge in [-0.15, -0.1) is 0 Å². The number of aromatic nitrogens is 1. The van der Waals surface area contributed by atoms with Gasteiger partial charge in [0, 0.05) is 29.8 Å². The SMILES string of the molecule is Cc1cc(C(=N)C(N)=O)c(NCC(=O)N2CCC[C@H]2C(=O)N[C@@H]2C[C@H]2c2ccccc2)cn1. The van der Waals surface area contributed by atoms with Gasteiger partial charge in [-0.3, -0.25) is 24.8 Å². The van der Waals surface area contributed by atoms with Gasteiger partial charge in [0.2, 0.25) is 11.8 Å². The van der Waals surface area contributed by atoms with E-state index < -0.39 is 11.9 Å². The minimum Gasteiger partial charge on any atom is -0.374 e. The number of carbonyl (C=O) groups excluding carboxylic acids is 3. The lowest BCUT2D eigenvalue weighted by molar-refractivity contribution is -0.137. The molecule has 3 atom stereocenters. The summed E-state index contributed by atoms with van der Waals surface area (Å²) in [5.41, 5.74) is 7.41. The third-order valence-electron chi connectivity index (χ3n) is 6.21. The summed E-state index contributed by atoms with van der Waals surface area (Å²) in [6.07, 6.45) is 3.78. The van der Waals surface area contributed by atoms with E-state index in [-0.39, 0.29) is 30.1 Å². The highest BCUT2D eigenvalue weighted by atomic mass is 16.2. The highest BCUT2D eigenvalue weighted by Gasteiger charge is 2.42. The molecule has 2 aromatic rings. The van der Waals surface area contributed by atoms with Crippen molar-refractivity contribution in [2.45, 2.75) is 44.2 Å². The van der Waals surface area contributed by atoms with Crippen LogP contribution in [-0.4, -0.2) is 58.5 Å². The maximum Gasteiger partial charge on any atom is 0.267 e. The minimum absolute atomic E-state index is 0.0797. The van der Waals surface area contributed by atoms with E-state index in [0.717, 1.165) is 12.8 Å². The third kappa shape index (κ3) is 5.02. The molecule has 9 nitrogen and oxygen atoms in total. The Hall–Kier alpha value is -3.75. The lowest BCUT2D eigenvalue weighted by atomic mass is 10.1. The van der Waals surface area contributed by atoms with Crippen LogP contribution in [0.3, 0.4) is 0 Å². The molecule has 5 N–H and O–H groups in total. The zero-order valence-electron chi connectivity index (χ0n) is 18.5. The smallest absolute Gasteiger partial charge is 0.267 e. The quantitative estimate of drug-likeness (QED) is 0.451. The van der Waals surface area contributed by atoms with E-state index in [1.165, 1.54) is 11.8 Å². The topological polar surface area (TPSA) is 141 Å². The van der Waals surface area contributed by atoms with E-state index >= 15 is 0 Å². The van der Waals surface area contributed by atoms with Crippen molar-refractivity contribution in [2.75, 3.05) is 18.4 Å². The van der Waals surface area contributed by atoms with Crippen LogP contribution >= 0.6 is 0 Å². The van der Waals surface area contributed by atoms with Crippen LogP contribution in [-0.2, 0) is 14.4 Å². The molecule has 9 heteroatoms. The third-order valence-corrected chi connectivity index (χ3v) is 6.21. The van der Waals surface area contributed by atoms with Crippen LogP contribution < -0.4 is 16.4 Å². The first kappa shape index (κ1) is 22.4. The first-order valence-corrected chi connectivity index (χ1v) is 11.1. The largest absolute Gasteiger partial charge is 0.374 e. The van der Waals surface area contributed by atoms with Crippen molar-refractivity contribution in [1.82, 2.24) is 15.2 Å². The molecule has 172 valence electrons. The maximum absolute atomic E-state index is 12.9. The summed E-state index contributed by atoms with van der Waals surface area (Å²) in [4.78, 5) is 43.1. The molecule has 0 bridgehead atoms. The number of hydrogen-bond donors (Lipinski definition) is 4. The van der Waals surface area contributed by atoms with Gasteiger partial charge in [0.05, 0.1) is 18.4 Å². The number of nitrogens with two attached hydrogens (primary N) is 1. The monoisotopic (exact) mass is 448 g/mol. The minimum atomic E-state index is -0.861. The molecule has 0 radical (unpaired) electrons. The van der Waals surface area contributed by atoms with E-state index in [2.05, 4.69) is 27.8 Å². The number of rotatable bonds is 8. The Balaban J connectivity index is 1.35. The molecule has 0 spiro atoms. The van der Waals surface area contributed by atoms with Crippen molar-refractivity contribution in [2.24, 2.45) is 5.73 Å². The summed E-state index contributed by atoms with van der Waals surface area (Å²) >= 11 is 0. The van der Waals surface area contributed by atoms with Crippen LogP contribution in [0.4, 0.5) is 5.69 Å². The molecule has 2 heterocycles. The van der Waals surface area contributed by atoms with Crippen molar-refractivity contribution in [3.8, 4) is 0 Å². The van der Waals surface area contributed by atoms with Gasteiger partial charge in [0.15, 0.2) is 0 Å². The number of likely N-dealkylation sites (tertiary alicyclic amines) is 1. The fraction of sp³-hybridized carbons (Fsp3) is 0.375. The van der Waals surface area contributed by atoms with Crippen LogP contribution in [0.1, 0.15) is 42.0 Å². The lowest BCUT2D eigenvalue weighted by Crippen LogP contribution is -2.48. The first-order valence-electron chi connectivity index (χ1n) is 11.1. The molecule has 1 saturated heterocycles. The Morgan fingerprint density at radius 2 is 2.00 bits per heavy atom. The Morgan fingerprint density at radius 1 is 1.24 bits per heavy atom. The van der Waals surface area contributed by atoms with Crippen molar-refractivity contribution in [3.05, 3.63) is 59.4 Å². The second kappa shape index (κ2) is 9.40. The Bertz CT molecular complexity index is 1090. The summed E-state index contributed by atoms with van der Waals surface area (Å²) < 4.78 is 0. The fourth-order valence-corrected chi connectivity index (χ4v) is 4.35. The molecule has 2 fully saturated rings. The van der Waals surface area contributed by atoms with Crippen LogP contribution in [0, 0.1) is 12.3 Å². The van der Waals surface area contributed by atoms with Crippen molar-refractivity contribution < 1.29 is 14.4 Å². The van der Waals surface area contributed by atoms with Crippen molar-refractivity contribution >= 4 is 29.1 Å². The van der Waals surface area contributed by atoms with Gasteiger partial charge >= 0.3 is 0 Å². The second-order valence-electron chi connectivity index (χ2n) is 8.58. The predicted octanol–water partition coefficient (Wildman–Crippen LogP) is 1.32. The van der Waals surface area contributed by atoms with Gasteiger partial charge in [-0.05, 0) is 37.8 Å². The highest BCUT2D eigenvalue weighted by molar-refractivity contribution is 6.44. The van der Waals surface area contributed by atoms with Crippen LogP contribution in [0.2, 0.25) is 0 Å². The van der Waals surface area contributed by atoms with Crippen molar-refractivity contribution in [3.63, 3.8) is 0 Å². The van der Waals surface area contributed by atoms with Crippen LogP contribution in [0.5, 0.6) is 0 Å². The number of nitrogens with zero attached hydrogens (tertiary/aromatic N) is 2. The summed E-state index contributed by atoms with van der Waals surface area (Å²) in [5, 5.41) is 14.0. The standard InChI is InChI=1S/C24H28N6O3/c1-14-10-17(22(25)23(26)32)19(12-27-14)28-13-21(31)30-9-5-8-20(30)24(33)29-18-11-16(18)15-6-3-2-4-7-15/h2-4,6-7,10,12,16,18,20,25,28H,5,8-9,11,13H2,1H3,(H2,26,32)(H,29,33)/t16-,18+,20-/m0/s1. The molecule has 1 saturated carbocycles. The Labute approximate surface area is 192 Å². The number of pyridine rings is 1. The van der Waals surface area contributed by atoms with Crippen molar-refractivity contribution in [1.29, 1.82) is 5.41 Å². The number of anilines is 1. The highest BCUT2D eigenvalue weighted by Crippen LogP contribution is 2.40. The molecule has 1 aromatic carbocycles. The molecule has 2 aliphatic rings. The average molecular weight is 449 g/mol. The Kier molecular flexibility index (Phi) is 6.39. The number of hydrogen-bond acceptors (Lipinski definition) is 6.